The van der Waals surface area contributed by atoms with E-state index in [1.54, 1.807) is 18.9 Å². The van der Waals surface area contributed by atoms with Crippen molar-refractivity contribution in [2.45, 2.75) is 65.5 Å². The highest BCUT2D eigenvalue weighted by molar-refractivity contribution is 5.69. The first-order chi connectivity index (χ1) is 12.7. The Bertz CT molecular complexity index is 577. The normalized spacial score (nSPS) is 11.0. The van der Waals surface area contributed by atoms with Crippen LogP contribution in [0.1, 0.15) is 58.9 Å². The second-order valence-corrected chi connectivity index (χ2v) is 7.37. The number of nitrogens with zero attached hydrogens (tertiary/aromatic N) is 1. The van der Waals surface area contributed by atoms with Crippen molar-refractivity contribution in [3.63, 3.8) is 0 Å². The van der Waals surface area contributed by atoms with Crippen molar-refractivity contribution in [3.8, 4) is 5.75 Å². The topological polar surface area (TPSA) is 65.1 Å². The summed E-state index contributed by atoms with van der Waals surface area (Å²) >= 11 is 0. The summed E-state index contributed by atoms with van der Waals surface area (Å²) in [5, 5.41) is 0. The Morgan fingerprint density at radius 2 is 1.70 bits per heavy atom. The second kappa shape index (κ2) is 11.5. The fourth-order valence-electron chi connectivity index (χ4n) is 2.49. The van der Waals surface area contributed by atoms with E-state index in [0.29, 0.717) is 26.1 Å². The van der Waals surface area contributed by atoms with E-state index in [0.717, 1.165) is 30.6 Å². The fourth-order valence-corrected chi connectivity index (χ4v) is 2.49. The van der Waals surface area contributed by atoms with E-state index >= 15 is 0 Å². The number of methoxy groups -OCH3 is 1. The summed E-state index contributed by atoms with van der Waals surface area (Å²) in [6, 6.07) is 7.64. The quantitative estimate of drug-likeness (QED) is 0.440. The maximum atomic E-state index is 12.5. The molecule has 0 saturated carbocycles. The molecule has 1 amide bonds. The van der Waals surface area contributed by atoms with Crippen molar-refractivity contribution >= 4 is 12.1 Å². The highest BCUT2D eigenvalue weighted by atomic mass is 16.6. The molecule has 0 bridgehead atoms. The van der Waals surface area contributed by atoms with Crippen molar-refractivity contribution in [1.29, 1.82) is 0 Å². The van der Waals surface area contributed by atoms with E-state index in [1.807, 2.05) is 45.0 Å². The first kappa shape index (κ1) is 22.8. The Morgan fingerprint density at radius 3 is 2.26 bits per heavy atom. The molecule has 0 unspecified atom stereocenters. The maximum absolute atomic E-state index is 12.5. The molecule has 0 N–H and O–H groups in total. The number of carbonyl (C=O) groups excluding carboxylic acids is 2. The lowest BCUT2D eigenvalue weighted by atomic mass is 10.1. The van der Waals surface area contributed by atoms with E-state index in [-0.39, 0.29) is 12.1 Å². The van der Waals surface area contributed by atoms with Crippen LogP contribution < -0.4 is 4.74 Å². The van der Waals surface area contributed by atoms with Crippen LogP contribution in [0.4, 0.5) is 4.79 Å². The molecule has 0 heterocycles. The second-order valence-electron chi connectivity index (χ2n) is 7.37. The number of ether oxygens (including phenoxy) is 3. The fraction of sp³-hybridized carbons (Fsp3) is 0.619. The van der Waals surface area contributed by atoms with Crippen LogP contribution in [0.5, 0.6) is 5.75 Å². The summed E-state index contributed by atoms with van der Waals surface area (Å²) in [6.45, 7) is 8.82. The Balaban J connectivity index is 2.59. The number of hydrogen-bond donors (Lipinski definition) is 0. The van der Waals surface area contributed by atoms with Crippen molar-refractivity contribution in [2.75, 3.05) is 20.3 Å². The standard InChI is InChI=1S/C21H33NO5/c1-6-26-19(23)10-8-7-9-15-22(20(24)27-21(2,3)4)16-17-11-13-18(25-5)14-12-17/h11-14H,6-10,15-16H2,1-5H3. The van der Waals surface area contributed by atoms with Gasteiger partial charge in [0, 0.05) is 19.5 Å². The minimum Gasteiger partial charge on any atom is -0.497 e. The number of unbranched alkanes of at least 4 members (excludes halogenated alkanes) is 2. The van der Waals surface area contributed by atoms with Gasteiger partial charge in [0.25, 0.3) is 0 Å². The molecule has 0 atom stereocenters. The highest BCUT2D eigenvalue weighted by Crippen LogP contribution is 2.16. The third-order valence-corrected chi connectivity index (χ3v) is 3.80. The first-order valence-electron chi connectivity index (χ1n) is 9.51. The van der Waals surface area contributed by atoms with Gasteiger partial charge in [-0.1, -0.05) is 18.6 Å². The predicted octanol–water partition coefficient (Wildman–Crippen LogP) is 4.56. The third-order valence-electron chi connectivity index (χ3n) is 3.80. The average Bonchev–Trinajstić information content (AvgIpc) is 2.59. The molecule has 6 nitrogen and oxygen atoms in total. The molecule has 0 fully saturated rings. The number of hydrogen-bond acceptors (Lipinski definition) is 5. The Morgan fingerprint density at radius 1 is 1.04 bits per heavy atom. The van der Waals surface area contributed by atoms with Gasteiger partial charge in [-0.25, -0.2) is 4.79 Å². The van der Waals surface area contributed by atoms with Crippen LogP contribution in [0.3, 0.4) is 0 Å². The summed E-state index contributed by atoms with van der Waals surface area (Å²) in [6.07, 6.45) is 2.49. The van der Waals surface area contributed by atoms with Crippen molar-refractivity contribution in [2.24, 2.45) is 0 Å². The third kappa shape index (κ3) is 9.87. The van der Waals surface area contributed by atoms with Crippen molar-refractivity contribution < 1.29 is 23.8 Å². The first-order valence-corrected chi connectivity index (χ1v) is 9.51. The molecule has 152 valence electrons. The molecule has 27 heavy (non-hydrogen) atoms. The van der Waals surface area contributed by atoms with Crippen molar-refractivity contribution in [1.82, 2.24) is 4.90 Å². The highest BCUT2D eigenvalue weighted by Gasteiger charge is 2.22. The van der Waals surface area contributed by atoms with Gasteiger partial charge in [0.15, 0.2) is 0 Å². The summed E-state index contributed by atoms with van der Waals surface area (Å²) in [7, 11) is 1.62. The van der Waals surface area contributed by atoms with Gasteiger partial charge in [-0.2, -0.15) is 0 Å². The average molecular weight is 379 g/mol. The van der Waals surface area contributed by atoms with Gasteiger partial charge in [0.2, 0.25) is 0 Å². The maximum Gasteiger partial charge on any atom is 0.410 e. The molecule has 0 spiro atoms. The molecule has 0 aliphatic rings. The molecule has 0 saturated heterocycles. The van der Waals surface area contributed by atoms with E-state index in [1.165, 1.54) is 0 Å². The predicted molar refractivity (Wildman–Crippen MR) is 105 cm³/mol. The zero-order valence-electron chi connectivity index (χ0n) is 17.2. The summed E-state index contributed by atoms with van der Waals surface area (Å²) in [5.74, 6) is 0.612. The monoisotopic (exact) mass is 379 g/mol. The smallest absolute Gasteiger partial charge is 0.410 e. The number of rotatable bonds is 10. The van der Waals surface area contributed by atoms with E-state index in [4.69, 9.17) is 14.2 Å². The molecule has 0 aliphatic heterocycles. The Hall–Kier alpha value is -2.24. The zero-order chi connectivity index (χ0) is 20.3. The minimum atomic E-state index is -0.543. The van der Waals surface area contributed by atoms with Crippen LogP contribution in [0.2, 0.25) is 0 Å². The van der Waals surface area contributed by atoms with Crippen molar-refractivity contribution in [3.05, 3.63) is 29.8 Å². The lowest BCUT2D eigenvalue weighted by molar-refractivity contribution is -0.143. The van der Waals surface area contributed by atoms with Crippen LogP contribution in [-0.2, 0) is 20.8 Å². The number of benzene rings is 1. The number of esters is 1. The van der Waals surface area contributed by atoms with Crippen LogP contribution in [0.15, 0.2) is 24.3 Å². The minimum absolute atomic E-state index is 0.167. The van der Waals surface area contributed by atoms with Gasteiger partial charge in [0.1, 0.15) is 11.4 Å². The molecule has 1 aromatic rings. The van der Waals surface area contributed by atoms with Crippen LogP contribution in [0.25, 0.3) is 0 Å². The summed E-state index contributed by atoms with van der Waals surface area (Å²) in [5.41, 5.74) is 0.465. The molecule has 0 aliphatic carbocycles. The van der Waals surface area contributed by atoms with Gasteiger partial charge in [-0.3, -0.25) is 4.79 Å². The van der Waals surface area contributed by atoms with Crippen LogP contribution >= 0.6 is 0 Å². The van der Waals surface area contributed by atoms with E-state index in [2.05, 4.69) is 0 Å². The van der Waals surface area contributed by atoms with Gasteiger partial charge >= 0.3 is 12.1 Å². The lowest BCUT2D eigenvalue weighted by Crippen LogP contribution is -2.37. The van der Waals surface area contributed by atoms with Crippen LogP contribution in [-0.4, -0.2) is 42.8 Å². The van der Waals surface area contributed by atoms with Gasteiger partial charge in [-0.05, 0) is 58.2 Å². The molecule has 0 radical (unpaired) electrons. The summed E-state index contributed by atoms with van der Waals surface area (Å²) in [4.78, 5) is 25.6. The lowest BCUT2D eigenvalue weighted by Gasteiger charge is -2.27. The Kier molecular flexibility index (Phi) is 9.68. The molecular formula is C21H33NO5. The summed E-state index contributed by atoms with van der Waals surface area (Å²) < 4.78 is 15.6. The number of amides is 1. The molecule has 1 rings (SSSR count). The molecule has 1 aromatic carbocycles. The van der Waals surface area contributed by atoms with Gasteiger partial charge in [-0.15, -0.1) is 0 Å². The zero-order valence-corrected chi connectivity index (χ0v) is 17.2. The van der Waals surface area contributed by atoms with E-state index < -0.39 is 5.60 Å². The van der Waals surface area contributed by atoms with Gasteiger partial charge < -0.3 is 19.1 Å². The molecule has 0 aromatic heterocycles. The molecular weight excluding hydrogens is 346 g/mol. The van der Waals surface area contributed by atoms with Gasteiger partial charge in [0.05, 0.1) is 13.7 Å². The molecule has 6 heteroatoms. The van der Waals surface area contributed by atoms with Crippen LogP contribution in [0, 0.1) is 0 Å². The number of carbonyl (C=O) groups is 2. The Labute approximate surface area is 162 Å². The largest absolute Gasteiger partial charge is 0.497 e. The van der Waals surface area contributed by atoms with E-state index in [9.17, 15) is 9.59 Å². The SMILES string of the molecule is CCOC(=O)CCCCCN(Cc1ccc(OC)cc1)C(=O)OC(C)(C)C.